The Morgan fingerprint density at radius 2 is 1.89 bits per heavy atom. The van der Waals surface area contributed by atoms with E-state index in [9.17, 15) is 13.6 Å². The van der Waals surface area contributed by atoms with Crippen molar-refractivity contribution in [2.24, 2.45) is 7.05 Å². The van der Waals surface area contributed by atoms with E-state index in [1.165, 1.54) is 30.1 Å². The van der Waals surface area contributed by atoms with Crippen molar-refractivity contribution in [1.82, 2.24) is 19.7 Å². The number of fused-ring (bicyclic) bond motifs is 1. The van der Waals surface area contributed by atoms with Crippen LogP contribution >= 0.6 is 0 Å². The van der Waals surface area contributed by atoms with Gasteiger partial charge in [-0.05, 0) is 54.3 Å². The van der Waals surface area contributed by atoms with Crippen LogP contribution in [0.3, 0.4) is 0 Å². The van der Waals surface area contributed by atoms with Gasteiger partial charge in [-0.25, -0.2) is 13.2 Å². The van der Waals surface area contributed by atoms with Gasteiger partial charge in [0.15, 0.2) is 0 Å². The van der Waals surface area contributed by atoms with Crippen molar-refractivity contribution in [3.63, 3.8) is 0 Å². The fourth-order valence-corrected chi connectivity index (χ4v) is 5.09. The maximum atomic E-state index is 15.7. The molecule has 0 N–H and O–H groups in total. The highest BCUT2D eigenvalue weighted by Gasteiger charge is 2.57. The van der Waals surface area contributed by atoms with Crippen LogP contribution in [0.1, 0.15) is 51.8 Å². The summed E-state index contributed by atoms with van der Waals surface area (Å²) >= 11 is 0. The molecule has 0 spiro atoms. The smallest absolute Gasteiger partial charge is 0.316 e. The van der Waals surface area contributed by atoms with Gasteiger partial charge in [-0.3, -0.25) is 9.69 Å². The Labute approximate surface area is 210 Å². The van der Waals surface area contributed by atoms with Gasteiger partial charge >= 0.3 is 5.92 Å². The van der Waals surface area contributed by atoms with E-state index < -0.39 is 23.3 Å². The molecule has 196 valence electrons. The quantitative estimate of drug-likeness (QED) is 0.426. The second kappa shape index (κ2) is 8.61. The number of nitrogens with zero attached hydrogens (tertiary/aromatic N) is 5. The van der Waals surface area contributed by atoms with Crippen LogP contribution in [0, 0.1) is 6.92 Å². The van der Waals surface area contributed by atoms with Crippen molar-refractivity contribution in [3.05, 3.63) is 76.4 Å². The number of rotatable bonds is 6. The van der Waals surface area contributed by atoms with Crippen LogP contribution in [0.2, 0.25) is 0 Å². The van der Waals surface area contributed by atoms with Crippen LogP contribution < -0.4 is 4.90 Å². The maximum absolute atomic E-state index is 15.7. The van der Waals surface area contributed by atoms with E-state index in [0.29, 0.717) is 12.1 Å². The van der Waals surface area contributed by atoms with Gasteiger partial charge in [-0.2, -0.15) is 8.78 Å². The molecule has 37 heavy (non-hydrogen) atoms. The van der Waals surface area contributed by atoms with Crippen LogP contribution in [-0.2, 0) is 31.7 Å². The van der Waals surface area contributed by atoms with Crippen molar-refractivity contribution < 1.29 is 26.7 Å². The monoisotopic (exact) mass is 519 g/mol. The van der Waals surface area contributed by atoms with Crippen molar-refractivity contribution in [3.8, 4) is 0 Å². The zero-order chi connectivity index (χ0) is 26.8. The molecule has 2 aliphatic rings. The zero-order valence-corrected chi connectivity index (χ0v) is 20.6. The van der Waals surface area contributed by atoms with Crippen molar-refractivity contribution in [1.29, 1.82) is 0 Å². The molecule has 0 unspecified atom stereocenters. The summed E-state index contributed by atoms with van der Waals surface area (Å²) in [6.45, 7) is 3.06. The van der Waals surface area contributed by atoms with Crippen LogP contribution in [0.4, 0.5) is 27.6 Å². The number of anilines is 1. The van der Waals surface area contributed by atoms with Gasteiger partial charge in [0.25, 0.3) is 11.8 Å². The summed E-state index contributed by atoms with van der Waals surface area (Å²) in [6, 6.07) is 9.06. The predicted octanol–water partition coefficient (Wildman–Crippen LogP) is 5.10. The number of amides is 1. The molecule has 6 nitrogen and oxygen atoms in total. The average molecular weight is 520 g/mol. The van der Waals surface area contributed by atoms with E-state index in [2.05, 4.69) is 10.2 Å². The lowest BCUT2D eigenvalue weighted by Crippen LogP contribution is -2.39. The van der Waals surface area contributed by atoms with Gasteiger partial charge in [0, 0.05) is 37.8 Å². The van der Waals surface area contributed by atoms with Crippen molar-refractivity contribution in [2.45, 2.75) is 50.9 Å². The number of aromatic nitrogens is 3. The molecule has 5 rings (SSSR count). The van der Waals surface area contributed by atoms with E-state index in [1.54, 1.807) is 17.0 Å². The number of benzene rings is 2. The van der Waals surface area contributed by atoms with E-state index in [0.717, 1.165) is 34.5 Å². The van der Waals surface area contributed by atoms with Gasteiger partial charge in [-0.15, -0.1) is 10.2 Å². The van der Waals surface area contributed by atoms with Gasteiger partial charge in [0.05, 0.1) is 13.1 Å². The highest BCUT2D eigenvalue weighted by Crippen LogP contribution is 2.48. The third-order valence-electron chi connectivity index (χ3n) is 7.26. The molecule has 1 fully saturated rings. The van der Waals surface area contributed by atoms with Crippen LogP contribution in [-0.4, -0.2) is 44.6 Å². The Balaban J connectivity index is 1.42. The second-order valence-electron chi connectivity index (χ2n) is 10.0. The molecular weight excluding hydrogens is 493 g/mol. The highest BCUT2D eigenvalue weighted by atomic mass is 19.3. The second-order valence-corrected chi connectivity index (χ2v) is 10.0. The van der Waals surface area contributed by atoms with Gasteiger partial charge in [0.1, 0.15) is 6.33 Å². The van der Waals surface area contributed by atoms with Crippen LogP contribution in [0.25, 0.3) is 0 Å². The fourth-order valence-electron chi connectivity index (χ4n) is 5.09. The minimum atomic E-state index is -3.99. The molecule has 0 saturated carbocycles. The van der Waals surface area contributed by atoms with Crippen LogP contribution in [0.15, 0.2) is 42.7 Å². The summed E-state index contributed by atoms with van der Waals surface area (Å²) in [4.78, 5) is 16.4. The first-order valence-electron chi connectivity index (χ1n) is 11.9. The lowest BCUT2D eigenvalue weighted by molar-refractivity contribution is -0.149. The van der Waals surface area contributed by atoms with E-state index in [-0.39, 0.29) is 43.2 Å². The van der Waals surface area contributed by atoms with Crippen LogP contribution in [0.5, 0.6) is 0 Å². The molecular formula is C26H26F5N5O. The molecule has 0 radical (unpaired) electrons. The molecule has 1 saturated heterocycles. The SMILES string of the molecule is Cc1cc(CN2CCC(F)(F)C2)cc2c1CN(c1cccc([C@@](C)(F)C(F)(F)c3nncn3C)c1)C2=O. The lowest BCUT2D eigenvalue weighted by atomic mass is 9.90. The Morgan fingerprint density at radius 1 is 1.14 bits per heavy atom. The summed E-state index contributed by atoms with van der Waals surface area (Å²) in [5.41, 5.74) is -0.407. The Hall–Kier alpha value is -3.34. The summed E-state index contributed by atoms with van der Waals surface area (Å²) < 4.78 is 74.3. The van der Waals surface area contributed by atoms with Gasteiger partial charge in [0.2, 0.25) is 11.5 Å². The zero-order valence-electron chi connectivity index (χ0n) is 20.6. The average Bonchev–Trinajstić information content (AvgIpc) is 3.51. The minimum Gasteiger partial charge on any atom is -0.316 e. The van der Waals surface area contributed by atoms with Gasteiger partial charge < -0.3 is 9.47 Å². The van der Waals surface area contributed by atoms with Crippen molar-refractivity contribution >= 4 is 11.6 Å². The maximum Gasteiger partial charge on any atom is 0.343 e. The van der Waals surface area contributed by atoms with E-state index >= 15 is 13.2 Å². The van der Waals surface area contributed by atoms with E-state index in [1.807, 2.05) is 13.0 Å². The first-order chi connectivity index (χ1) is 17.3. The molecule has 3 aromatic rings. The number of carbonyl (C=O) groups is 1. The lowest BCUT2D eigenvalue weighted by Gasteiger charge is -2.30. The van der Waals surface area contributed by atoms with Gasteiger partial charge in [-0.1, -0.05) is 18.2 Å². The number of hydrogen-bond acceptors (Lipinski definition) is 4. The Kier molecular flexibility index (Phi) is 5.89. The largest absolute Gasteiger partial charge is 0.343 e. The number of carbonyl (C=O) groups excluding carboxylic acids is 1. The standard InChI is InChI=1S/C26H26F5N5O/c1-16-9-17(12-35-8-7-25(28,29)14-35)10-20-21(16)13-36(22(20)37)19-6-4-5-18(11-19)24(2,27)26(30,31)23-33-32-15-34(23)3/h4-6,9-11,15H,7-8,12-14H2,1-3H3/t24-/m1/s1. The summed E-state index contributed by atoms with van der Waals surface area (Å²) in [5.74, 6) is -7.87. The minimum absolute atomic E-state index is 0.189. The summed E-state index contributed by atoms with van der Waals surface area (Å²) in [7, 11) is 1.31. The first kappa shape index (κ1) is 25.3. The number of halogens is 5. The fraction of sp³-hybridized carbons (Fsp3) is 0.423. The molecule has 11 heteroatoms. The molecule has 0 aliphatic carbocycles. The molecule has 2 aromatic carbocycles. The number of likely N-dealkylation sites (tertiary alicyclic amines) is 1. The predicted molar refractivity (Wildman–Crippen MR) is 126 cm³/mol. The molecule has 1 aromatic heterocycles. The van der Waals surface area contributed by atoms with Crippen molar-refractivity contribution in [2.75, 3.05) is 18.0 Å². The third-order valence-corrected chi connectivity index (χ3v) is 7.26. The summed E-state index contributed by atoms with van der Waals surface area (Å²) in [5, 5.41) is 6.83. The Morgan fingerprint density at radius 3 is 2.54 bits per heavy atom. The normalized spacial score (nSPS) is 19.4. The highest BCUT2D eigenvalue weighted by molar-refractivity contribution is 6.10. The molecule has 1 amide bonds. The Bertz CT molecular complexity index is 1370. The third kappa shape index (κ3) is 4.28. The molecule has 1 atom stereocenters. The first-order valence-corrected chi connectivity index (χ1v) is 11.9. The molecule has 2 aliphatic heterocycles. The molecule has 0 bridgehead atoms. The van der Waals surface area contributed by atoms with E-state index in [4.69, 9.17) is 0 Å². The number of aryl methyl sites for hydroxylation is 2. The topological polar surface area (TPSA) is 54.3 Å². The number of hydrogen-bond donors (Lipinski definition) is 0. The number of alkyl halides is 5. The molecule has 3 heterocycles. The summed E-state index contributed by atoms with van der Waals surface area (Å²) in [6.07, 6.45) is 0.880.